The van der Waals surface area contributed by atoms with Crippen LogP contribution >= 0.6 is 0 Å². The molecule has 1 aromatic rings. The Balaban J connectivity index is 1.67. The van der Waals surface area contributed by atoms with E-state index in [0.29, 0.717) is 0 Å². The van der Waals surface area contributed by atoms with Crippen molar-refractivity contribution in [3.63, 3.8) is 0 Å². The van der Waals surface area contributed by atoms with Crippen molar-refractivity contribution in [3.05, 3.63) is 34.4 Å². The predicted molar refractivity (Wildman–Crippen MR) is 76.7 cm³/mol. The molecule has 1 heteroatoms. The largest absolute Gasteiger partial charge is 0.310 e. The molecule has 2 aliphatic rings. The van der Waals surface area contributed by atoms with Gasteiger partial charge in [0.2, 0.25) is 0 Å². The maximum Gasteiger partial charge on any atom is 0.0213 e. The minimum atomic E-state index is 0.795. The van der Waals surface area contributed by atoms with Crippen LogP contribution in [0.3, 0.4) is 0 Å². The van der Waals surface area contributed by atoms with Gasteiger partial charge in [-0.3, -0.25) is 0 Å². The Morgan fingerprint density at radius 3 is 2.33 bits per heavy atom. The number of fused-ring (bicyclic) bond motifs is 2. The number of benzene rings is 1. The third-order valence-electron chi connectivity index (χ3n) is 5.12. The molecule has 18 heavy (non-hydrogen) atoms. The highest BCUT2D eigenvalue weighted by molar-refractivity contribution is 5.37. The Morgan fingerprint density at radius 1 is 1.06 bits per heavy atom. The SMILES string of the molecule is Cc1cc(C)c(CNC2CC3CCC2C3)c(C)c1. The molecule has 2 saturated carbocycles. The average Bonchev–Trinajstić information content (AvgIpc) is 2.89. The number of nitrogens with one attached hydrogen (secondary N) is 1. The molecule has 0 spiro atoms. The van der Waals surface area contributed by atoms with Crippen molar-refractivity contribution in [2.45, 2.75) is 59.0 Å². The quantitative estimate of drug-likeness (QED) is 0.849. The molecular formula is C17H25N. The van der Waals surface area contributed by atoms with E-state index >= 15 is 0 Å². The topological polar surface area (TPSA) is 12.0 Å². The molecule has 3 atom stereocenters. The van der Waals surface area contributed by atoms with E-state index in [4.69, 9.17) is 0 Å². The second kappa shape index (κ2) is 4.70. The first-order valence-corrected chi connectivity index (χ1v) is 7.43. The summed E-state index contributed by atoms with van der Waals surface area (Å²) in [5, 5.41) is 3.83. The number of aryl methyl sites for hydroxylation is 3. The van der Waals surface area contributed by atoms with Crippen LogP contribution in [0.15, 0.2) is 12.1 Å². The lowest BCUT2D eigenvalue weighted by Gasteiger charge is -2.24. The fourth-order valence-electron chi connectivity index (χ4n) is 4.22. The van der Waals surface area contributed by atoms with Gasteiger partial charge in [-0.15, -0.1) is 0 Å². The van der Waals surface area contributed by atoms with Gasteiger partial charge in [-0.2, -0.15) is 0 Å². The Hall–Kier alpha value is -0.820. The van der Waals surface area contributed by atoms with E-state index in [2.05, 4.69) is 38.2 Å². The molecule has 0 saturated heterocycles. The maximum absolute atomic E-state index is 3.83. The Morgan fingerprint density at radius 2 is 1.78 bits per heavy atom. The van der Waals surface area contributed by atoms with Crippen LogP contribution in [-0.2, 0) is 6.54 Å². The van der Waals surface area contributed by atoms with Crippen LogP contribution in [0.5, 0.6) is 0 Å². The van der Waals surface area contributed by atoms with E-state index < -0.39 is 0 Å². The number of hydrogen-bond acceptors (Lipinski definition) is 1. The van der Waals surface area contributed by atoms with E-state index in [-0.39, 0.29) is 0 Å². The monoisotopic (exact) mass is 243 g/mol. The first kappa shape index (κ1) is 12.2. The highest BCUT2D eigenvalue weighted by Crippen LogP contribution is 2.44. The van der Waals surface area contributed by atoms with E-state index in [1.54, 1.807) is 0 Å². The standard InChI is InChI=1S/C17H25N/c1-11-6-12(2)16(13(3)7-11)10-18-17-9-14-4-5-15(17)8-14/h6-7,14-15,17-18H,4-5,8-10H2,1-3H3. The summed E-state index contributed by atoms with van der Waals surface area (Å²) in [5.74, 6) is 2.01. The fraction of sp³-hybridized carbons (Fsp3) is 0.647. The molecule has 0 amide bonds. The molecule has 0 heterocycles. The van der Waals surface area contributed by atoms with Gasteiger partial charge in [-0.05, 0) is 68.6 Å². The van der Waals surface area contributed by atoms with Gasteiger partial charge in [0.05, 0.1) is 0 Å². The molecule has 3 unspecified atom stereocenters. The predicted octanol–water partition coefficient (Wildman–Crippen LogP) is 3.89. The van der Waals surface area contributed by atoms with Gasteiger partial charge in [-0.1, -0.05) is 24.1 Å². The smallest absolute Gasteiger partial charge is 0.0213 e. The second-order valence-corrected chi connectivity index (χ2v) is 6.54. The van der Waals surface area contributed by atoms with E-state index in [1.807, 2.05) is 0 Å². The van der Waals surface area contributed by atoms with Crippen molar-refractivity contribution in [2.24, 2.45) is 11.8 Å². The minimum Gasteiger partial charge on any atom is -0.310 e. The van der Waals surface area contributed by atoms with E-state index in [1.165, 1.54) is 47.9 Å². The summed E-state index contributed by atoms with van der Waals surface area (Å²) in [5.41, 5.74) is 5.79. The van der Waals surface area contributed by atoms with Crippen molar-refractivity contribution in [1.29, 1.82) is 0 Å². The molecule has 0 radical (unpaired) electrons. The summed E-state index contributed by atoms with van der Waals surface area (Å²) < 4.78 is 0. The lowest BCUT2D eigenvalue weighted by atomic mass is 9.94. The molecule has 2 fully saturated rings. The Labute approximate surface area is 111 Å². The summed E-state index contributed by atoms with van der Waals surface area (Å²) in [6.07, 6.45) is 5.87. The van der Waals surface area contributed by atoms with Crippen LogP contribution in [0, 0.1) is 32.6 Å². The van der Waals surface area contributed by atoms with Crippen LogP contribution in [0.1, 0.15) is 47.9 Å². The summed E-state index contributed by atoms with van der Waals surface area (Å²) in [6.45, 7) is 7.74. The Kier molecular flexibility index (Phi) is 3.19. The zero-order chi connectivity index (χ0) is 12.7. The van der Waals surface area contributed by atoms with Gasteiger partial charge in [-0.25, -0.2) is 0 Å². The third-order valence-corrected chi connectivity index (χ3v) is 5.12. The summed E-state index contributed by atoms with van der Waals surface area (Å²) in [6, 6.07) is 5.42. The Bertz CT molecular complexity index is 426. The van der Waals surface area contributed by atoms with Crippen molar-refractivity contribution in [1.82, 2.24) is 5.32 Å². The van der Waals surface area contributed by atoms with Gasteiger partial charge < -0.3 is 5.32 Å². The lowest BCUT2D eigenvalue weighted by molar-refractivity contribution is 0.350. The van der Waals surface area contributed by atoms with Crippen LogP contribution in [0.2, 0.25) is 0 Å². The minimum absolute atomic E-state index is 0.795. The van der Waals surface area contributed by atoms with Crippen LogP contribution in [0.4, 0.5) is 0 Å². The van der Waals surface area contributed by atoms with Gasteiger partial charge >= 0.3 is 0 Å². The molecule has 0 aliphatic heterocycles. The molecule has 1 N–H and O–H groups in total. The van der Waals surface area contributed by atoms with Crippen LogP contribution in [-0.4, -0.2) is 6.04 Å². The van der Waals surface area contributed by atoms with Gasteiger partial charge in [0.15, 0.2) is 0 Å². The van der Waals surface area contributed by atoms with Crippen molar-refractivity contribution in [2.75, 3.05) is 0 Å². The fourth-order valence-corrected chi connectivity index (χ4v) is 4.22. The maximum atomic E-state index is 3.83. The number of hydrogen-bond donors (Lipinski definition) is 1. The average molecular weight is 243 g/mol. The first-order chi connectivity index (χ1) is 8.63. The van der Waals surface area contributed by atoms with Gasteiger partial charge in [0, 0.05) is 12.6 Å². The molecule has 0 aromatic heterocycles. The van der Waals surface area contributed by atoms with Crippen molar-refractivity contribution >= 4 is 0 Å². The normalized spacial score (nSPS) is 30.1. The van der Waals surface area contributed by atoms with Crippen molar-refractivity contribution < 1.29 is 0 Å². The summed E-state index contributed by atoms with van der Waals surface area (Å²) >= 11 is 0. The lowest BCUT2D eigenvalue weighted by Crippen LogP contribution is -2.33. The summed E-state index contributed by atoms with van der Waals surface area (Å²) in [4.78, 5) is 0. The van der Waals surface area contributed by atoms with Crippen LogP contribution in [0.25, 0.3) is 0 Å². The highest BCUT2D eigenvalue weighted by Gasteiger charge is 2.38. The molecule has 1 aromatic carbocycles. The van der Waals surface area contributed by atoms with Gasteiger partial charge in [0.25, 0.3) is 0 Å². The first-order valence-electron chi connectivity index (χ1n) is 7.43. The summed E-state index contributed by atoms with van der Waals surface area (Å²) in [7, 11) is 0. The second-order valence-electron chi connectivity index (χ2n) is 6.54. The molecule has 1 nitrogen and oxygen atoms in total. The zero-order valence-corrected chi connectivity index (χ0v) is 11.9. The number of rotatable bonds is 3. The van der Waals surface area contributed by atoms with Gasteiger partial charge in [0.1, 0.15) is 0 Å². The molecule has 2 bridgehead atoms. The zero-order valence-electron chi connectivity index (χ0n) is 11.9. The van der Waals surface area contributed by atoms with Crippen LogP contribution < -0.4 is 5.32 Å². The molecule has 3 rings (SSSR count). The van der Waals surface area contributed by atoms with Crippen molar-refractivity contribution in [3.8, 4) is 0 Å². The molecular weight excluding hydrogens is 218 g/mol. The molecule has 2 aliphatic carbocycles. The molecule has 98 valence electrons. The highest BCUT2D eigenvalue weighted by atomic mass is 14.9. The van der Waals surface area contributed by atoms with E-state index in [0.717, 1.165) is 24.4 Å². The van der Waals surface area contributed by atoms with E-state index in [9.17, 15) is 0 Å². The third kappa shape index (κ3) is 2.21.